The normalized spacial score (nSPS) is 14.9. The highest BCUT2D eigenvalue weighted by molar-refractivity contribution is 6.31. The first kappa shape index (κ1) is 23.3. The molecular formula is C25H23ClFN5O3. The number of nitrogens with zero attached hydrogens (tertiary/aromatic N) is 5. The van der Waals surface area contributed by atoms with E-state index in [1.807, 2.05) is 18.2 Å². The van der Waals surface area contributed by atoms with Crippen molar-refractivity contribution in [2.75, 3.05) is 31.2 Å². The minimum absolute atomic E-state index is 0.00553. The molecule has 0 aliphatic carbocycles. The molecule has 35 heavy (non-hydrogen) atoms. The van der Waals surface area contributed by atoms with E-state index in [0.717, 1.165) is 24.8 Å². The van der Waals surface area contributed by atoms with E-state index in [9.17, 15) is 9.90 Å². The van der Waals surface area contributed by atoms with Gasteiger partial charge in [-0.2, -0.15) is 5.10 Å². The number of aliphatic hydroxyl groups is 1. The van der Waals surface area contributed by atoms with E-state index in [-0.39, 0.29) is 21.7 Å². The Morgan fingerprint density at radius 3 is 2.71 bits per heavy atom. The second-order valence-electron chi connectivity index (χ2n) is 8.19. The Kier molecular flexibility index (Phi) is 6.46. The molecule has 10 heteroatoms. The van der Waals surface area contributed by atoms with E-state index < -0.39 is 17.5 Å². The summed E-state index contributed by atoms with van der Waals surface area (Å²) in [5.41, 5.74) is 2.05. The highest BCUT2D eigenvalue weighted by atomic mass is 35.5. The highest BCUT2D eigenvalue weighted by Gasteiger charge is 2.23. The SMILES string of the molecule is CCn1nccc(C(O)c2cc(-c3ncnc4cc(N5CCOCC5)ccc34)c(F)cc2Cl)c1=O. The van der Waals surface area contributed by atoms with Crippen molar-refractivity contribution in [3.05, 3.63) is 81.2 Å². The van der Waals surface area contributed by atoms with Crippen molar-refractivity contribution in [1.29, 1.82) is 0 Å². The number of benzene rings is 2. The third kappa shape index (κ3) is 4.38. The van der Waals surface area contributed by atoms with Crippen LogP contribution in [0.1, 0.15) is 24.2 Å². The predicted molar refractivity (Wildman–Crippen MR) is 131 cm³/mol. The summed E-state index contributed by atoms with van der Waals surface area (Å²) >= 11 is 6.31. The van der Waals surface area contributed by atoms with E-state index in [1.165, 1.54) is 29.3 Å². The number of morpholine rings is 1. The van der Waals surface area contributed by atoms with Crippen molar-refractivity contribution in [2.24, 2.45) is 0 Å². The number of ether oxygens (including phenoxy) is 1. The molecule has 1 atom stereocenters. The van der Waals surface area contributed by atoms with Crippen molar-refractivity contribution in [3.63, 3.8) is 0 Å². The number of anilines is 1. The molecule has 8 nitrogen and oxygen atoms in total. The Balaban J connectivity index is 1.59. The van der Waals surface area contributed by atoms with Gasteiger partial charge in [-0.15, -0.1) is 0 Å². The number of aliphatic hydroxyl groups excluding tert-OH is 1. The first-order chi connectivity index (χ1) is 17.0. The summed E-state index contributed by atoms with van der Waals surface area (Å²) in [4.78, 5) is 23.6. The van der Waals surface area contributed by atoms with Gasteiger partial charge in [-0.25, -0.2) is 19.0 Å². The van der Waals surface area contributed by atoms with Crippen molar-refractivity contribution in [3.8, 4) is 11.3 Å². The van der Waals surface area contributed by atoms with Gasteiger partial charge in [0.2, 0.25) is 0 Å². The molecule has 3 heterocycles. The Morgan fingerprint density at radius 1 is 1.14 bits per heavy atom. The van der Waals surface area contributed by atoms with Crippen LogP contribution in [0.4, 0.5) is 10.1 Å². The minimum atomic E-state index is -1.36. The summed E-state index contributed by atoms with van der Waals surface area (Å²) in [6.07, 6.45) is 1.45. The van der Waals surface area contributed by atoms with E-state index in [1.54, 1.807) is 6.92 Å². The van der Waals surface area contributed by atoms with Crippen LogP contribution in [0.2, 0.25) is 5.02 Å². The monoisotopic (exact) mass is 495 g/mol. The Hall–Kier alpha value is -3.40. The van der Waals surface area contributed by atoms with Crippen LogP contribution in [-0.2, 0) is 11.3 Å². The average molecular weight is 496 g/mol. The molecule has 2 aromatic heterocycles. The van der Waals surface area contributed by atoms with E-state index in [2.05, 4.69) is 20.0 Å². The molecule has 5 rings (SSSR count). The maximum atomic E-state index is 15.2. The summed E-state index contributed by atoms with van der Waals surface area (Å²) < 4.78 is 21.8. The number of rotatable bonds is 5. The van der Waals surface area contributed by atoms with Crippen LogP contribution in [0.5, 0.6) is 0 Å². The van der Waals surface area contributed by atoms with E-state index in [4.69, 9.17) is 16.3 Å². The third-order valence-electron chi connectivity index (χ3n) is 6.17. The highest BCUT2D eigenvalue weighted by Crippen LogP contribution is 2.36. The lowest BCUT2D eigenvalue weighted by Crippen LogP contribution is -2.36. The lowest BCUT2D eigenvalue weighted by molar-refractivity contribution is 0.122. The van der Waals surface area contributed by atoms with Crippen LogP contribution in [0.25, 0.3) is 22.2 Å². The smallest absolute Gasteiger partial charge is 0.272 e. The zero-order valence-electron chi connectivity index (χ0n) is 19.0. The van der Waals surface area contributed by atoms with Crippen molar-refractivity contribution >= 4 is 28.2 Å². The Morgan fingerprint density at radius 2 is 1.94 bits per heavy atom. The third-order valence-corrected chi connectivity index (χ3v) is 6.50. The summed E-state index contributed by atoms with van der Waals surface area (Å²) in [6.45, 7) is 5.01. The van der Waals surface area contributed by atoms with Crippen LogP contribution in [0.15, 0.2) is 53.7 Å². The number of aromatic nitrogens is 4. The first-order valence-corrected chi connectivity index (χ1v) is 11.7. The molecule has 2 aromatic carbocycles. The molecule has 0 bridgehead atoms. The van der Waals surface area contributed by atoms with Crippen molar-refractivity contribution < 1.29 is 14.2 Å². The molecule has 0 radical (unpaired) electrons. The van der Waals surface area contributed by atoms with E-state index >= 15 is 4.39 Å². The lowest BCUT2D eigenvalue weighted by Gasteiger charge is -2.29. The fraction of sp³-hybridized carbons (Fsp3) is 0.280. The van der Waals surface area contributed by atoms with Crippen LogP contribution >= 0.6 is 11.6 Å². The van der Waals surface area contributed by atoms with Gasteiger partial charge in [0.25, 0.3) is 5.56 Å². The van der Waals surface area contributed by atoms with Gasteiger partial charge < -0.3 is 14.7 Å². The average Bonchev–Trinajstić information content (AvgIpc) is 2.88. The lowest BCUT2D eigenvalue weighted by atomic mass is 9.97. The molecule has 0 spiro atoms. The summed E-state index contributed by atoms with van der Waals surface area (Å²) in [5, 5.41) is 15.7. The maximum absolute atomic E-state index is 15.2. The molecular weight excluding hydrogens is 473 g/mol. The minimum Gasteiger partial charge on any atom is -0.383 e. The largest absolute Gasteiger partial charge is 0.383 e. The molecule has 1 saturated heterocycles. The molecule has 180 valence electrons. The Bertz CT molecular complexity index is 1460. The predicted octanol–water partition coefficient (Wildman–Crippen LogP) is 3.58. The molecule has 1 unspecified atom stereocenters. The standard InChI is InChI=1S/C25H23ClFN5O3/c1-2-32-25(34)17(5-6-30-32)24(33)18-12-19(21(27)13-20(18)26)23-16-4-3-15(11-22(16)28-14-29-23)31-7-9-35-10-8-31/h3-6,11-14,24,33H,2,7-10H2,1H3. The van der Waals surface area contributed by atoms with Crippen LogP contribution in [-0.4, -0.2) is 51.2 Å². The second-order valence-corrected chi connectivity index (χ2v) is 8.59. The summed E-state index contributed by atoms with van der Waals surface area (Å²) in [7, 11) is 0. The molecule has 0 saturated carbocycles. The molecule has 1 N–H and O–H groups in total. The van der Waals surface area contributed by atoms with Crippen LogP contribution in [0, 0.1) is 5.82 Å². The van der Waals surface area contributed by atoms with Crippen LogP contribution < -0.4 is 10.5 Å². The molecule has 1 aliphatic heterocycles. The quantitative estimate of drug-likeness (QED) is 0.452. The number of hydrogen-bond donors (Lipinski definition) is 1. The summed E-state index contributed by atoms with van der Waals surface area (Å²) in [6, 6.07) is 9.77. The second kappa shape index (κ2) is 9.69. The number of aryl methyl sites for hydroxylation is 1. The van der Waals surface area contributed by atoms with Crippen molar-refractivity contribution in [1.82, 2.24) is 19.7 Å². The Labute approximate surface area is 205 Å². The number of fused-ring (bicyclic) bond motifs is 1. The number of hydrogen-bond acceptors (Lipinski definition) is 7. The zero-order chi connectivity index (χ0) is 24.5. The number of halogens is 2. The van der Waals surface area contributed by atoms with Gasteiger partial charge >= 0.3 is 0 Å². The molecule has 0 amide bonds. The van der Waals surface area contributed by atoms with Gasteiger partial charge in [-0.05, 0) is 43.3 Å². The fourth-order valence-electron chi connectivity index (χ4n) is 4.30. The van der Waals surface area contributed by atoms with Gasteiger partial charge in [0, 0.05) is 53.1 Å². The molecule has 1 fully saturated rings. The van der Waals surface area contributed by atoms with Gasteiger partial charge in [-0.3, -0.25) is 4.79 Å². The topological polar surface area (TPSA) is 93.4 Å². The maximum Gasteiger partial charge on any atom is 0.272 e. The first-order valence-electron chi connectivity index (χ1n) is 11.3. The summed E-state index contributed by atoms with van der Waals surface area (Å²) in [5.74, 6) is -0.594. The van der Waals surface area contributed by atoms with Crippen molar-refractivity contribution in [2.45, 2.75) is 19.6 Å². The molecule has 1 aliphatic rings. The van der Waals surface area contributed by atoms with Gasteiger partial charge in [0.05, 0.1) is 30.0 Å². The van der Waals surface area contributed by atoms with Gasteiger partial charge in [0.15, 0.2) is 0 Å². The zero-order valence-corrected chi connectivity index (χ0v) is 19.7. The van der Waals surface area contributed by atoms with Gasteiger partial charge in [0.1, 0.15) is 18.2 Å². The van der Waals surface area contributed by atoms with Crippen LogP contribution in [0.3, 0.4) is 0 Å². The van der Waals surface area contributed by atoms with Gasteiger partial charge in [-0.1, -0.05) is 11.6 Å². The fourth-order valence-corrected chi connectivity index (χ4v) is 4.56. The van der Waals surface area contributed by atoms with E-state index in [0.29, 0.717) is 36.4 Å². The molecule has 4 aromatic rings.